The van der Waals surface area contributed by atoms with Crippen LogP contribution in [0.25, 0.3) is 26.4 Å². The first-order valence-electron chi connectivity index (χ1n) is 15.2. The van der Waals surface area contributed by atoms with E-state index in [2.05, 4.69) is 31.9 Å². The number of carbonyl (C=O) groups is 1. The molecule has 1 aliphatic carbocycles. The molecule has 2 unspecified atom stereocenters. The van der Waals surface area contributed by atoms with Gasteiger partial charge in [0.2, 0.25) is 0 Å². The van der Waals surface area contributed by atoms with Crippen molar-refractivity contribution in [3.63, 3.8) is 0 Å². The summed E-state index contributed by atoms with van der Waals surface area (Å²) in [5, 5.41) is 26.7. The molecule has 2 atom stereocenters. The second kappa shape index (κ2) is 11.0. The number of amides is 2. The van der Waals surface area contributed by atoms with Crippen LogP contribution < -0.4 is 14.5 Å². The van der Waals surface area contributed by atoms with Gasteiger partial charge in [-0.25, -0.2) is 14.3 Å². The van der Waals surface area contributed by atoms with Crippen LogP contribution in [-0.2, 0) is 9.57 Å². The van der Waals surface area contributed by atoms with E-state index in [1.165, 1.54) is 0 Å². The maximum atomic E-state index is 13.4. The summed E-state index contributed by atoms with van der Waals surface area (Å²) >= 11 is 1.63. The third-order valence-corrected chi connectivity index (χ3v) is 10.7. The Morgan fingerprint density at radius 1 is 1.20 bits per heavy atom. The highest BCUT2D eigenvalue weighted by molar-refractivity contribution is 7.23. The average Bonchev–Trinajstić information content (AvgIpc) is 3.27. The van der Waals surface area contributed by atoms with Gasteiger partial charge >= 0.3 is 6.03 Å². The lowest BCUT2D eigenvalue weighted by Crippen LogP contribution is -2.54. The number of morpholine rings is 1. The van der Waals surface area contributed by atoms with Crippen molar-refractivity contribution in [1.82, 2.24) is 24.1 Å². The van der Waals surface area contributed by atoms with E-state index >= 15 is 0 Å². The van der Waals surface area contributed by atoms with Crippen LogP contribution in [-0.4, -0.2) is 102 Å². The lowest BCUT2D eigenvalue weighted by atomic mass is 9.82. The molecule has 7 rings (SSSR count). The summed E-state index contributed by atoms with van der Waals surface area (Å²) in [6, 6.07) is 13.7. The molecule has 13 heteroatoms. The molecule has 2 aliphatic heterocycles. The molecule has 0 bridgehead atoms. The van der Waals surface area contributed by atoms with Crippen LogP contribution in [0.5, 0.6) is 5.75 Å². The number of fused-ring (bicyclic) bond motifs is 4. The number of rotatable bonds is 8. The highest BCUT2D eigenvalue weighted by atomic mass is 32.1. The summed E-state index contributed by atoms with van der Waals surface area (Å²) in [7, 11) is 3.61. The largest absolute Gasteiger partial charge is 0.492 e. The van der Waals surface area contributed by atoms with E-state index in [0.29, 0.717) is 18.9 Å². The predicted molar refractivity (Wildman–Crippen MR) is 172 cm³/mol. The Morgan fingerprint density at radius 3 is 2.67 bits per heavy atom. The van der Waals surface area contributed by atoms with Gasteiger partial charge in [0.15, 0.2) is 22.7 Å². The number of ether oxygens (including phenoxy) is 2. The van der Waals surface area contributed by atoms with Crippen molar-refractivity contribution in [1.29, 1.82) is 0 Å². The Morgan fingerprint density at radius 2 is 1.96 bits per heavy atom. The number of oxime groups is 1. The lowest BCUT2D eigenvalue weighted by Gasteiger charge is -2.33. The minimum atomic E-state index is -1.56. The normalized spacial score (nSPS) is 22.0. The summed E-state index contributed by atoms with van der Waals surface area (Å²) in [6.07, 6.45) is 1.05. The molecule has 12 nitrogen and oxygen atoms in total. The third kappa shape index (κ3) is 5.17. The van der Waals surface area contributed by atoms with E-state index in [0.717, 1.165) is 70.7 Å². The van der Waals surface area contributed by atoms with E-state index in [9.17, 15) is 15.0 Å². The Hall–Kier alpha value is -3.59. The molecule has 1 saturated heterocycles. The van der Waals surface area contributed by atoms with Crippen LogP contribution >= 0.6 is 11.3 Å². The number of quaternary nitrogens is 1. The molecule has 3 N–H and O–H groups in total. The first-order chi connectivity index (χ1) is 21.5. The number of imidazole rings is 1. The van der Waals surface area contributed by atoms with E-state index in [4.69, 9.17) is 19.3 Å². The number of aliphatic hydroxyl groups is 2. The molecule has 4 aromatic rings. The van der Waals surface area contributed by atoms with Crippen LogP contribution in [0.1, 0.15) is 20.3 Å². The molecular formula is C32H39N6O6S+. The minimum absolute atomic E-state index is 0.0647. The maximum Gasteiger partial charge on any atom is 0.426 e. The monoisotopic (exact) mass is 635 g/mol. The SMILES string of the molecule is CC(C)(C(O)O)C12CC1C(NC(=O)[N+](C)(C)c1ccc(-c3cn4c(n3)sc3cc(OCCN5CCOCC5)ccc34)cc1)=NO2. The molecule has 2 fully saturated rings. The van der Waals surface area contributed by atoms with E-state index in [1.54, 1.807) is 25.2 Å². The second-order valence-corrected chi connectivity index (χ2v) is 14.1. The quantitative estimate of drug-likeness (QED) is 0.198. The van der Waals surface area contributed by atoms with Gasteiger partial charge in [-0.3, -0.25) is 14.6 Å². The number of nitrogens with one attached hydrogen (secondary N) is 1. The number of nitrogens with zero attached hydrogens (tertiary/aromatic N) is 5. The molecule has 0 radical (unpaired) electrons. The smallest absolute Gasteiger partial charge is 0.426 e. The number of amidine groups is 1. The zero-order valence-corrected chi connectivity index (χ0v) is 26.7. The number of benzene rings is 2. The van der Waals surface area contributed by atoms with E-state index in [1.807, 2.05) is 50.6 Å². The van der Waals surface area contributed by atoms with Gasteiger partial charge in [0, 0.05) is 49.9 Å². The van der Waals surface area contributed by atoms with Crippen LogP contribution in [0.4, 0.5) is 10.5 Å². The van der Waals surface area contributed by atoms with E-state index < -0.39 is 17.3 Å². The van der Waals surface area contributed by atoms with Crippen LogP contribution in [0.15, 0.2) is 53.8 Å². The zero-order chi connectivity index (χ0) is 31.6. The highest BCUT2D eigenvalue weighted by Gasteiger charge is 2.73. The van der Waals surface area contributed by atoms with Crippen molar-refractivity contribution in [3.05, 3.63) is 48.7 Å². The molecular weight excluding hydrogens is 596 g/mol. The third-order valence-electron chi connectivity index (χ3n) is 9.68. The van der Waals surface area contributed by atoms with Gasteiger partial charge in [-0.05, 0) is 30.3 Å². The van der Waals surface area contributed by atoms with Crippen molar-refractivity contribution in [3.8, 4) is 17.0 Å². The van der Waals surface area contributed by atoms with Crippen molar-refractivity contribution >= 4 is 44.1 Å². The fourth-order valence-electron chi connectivity index (χ4n) is 6.21. The van der Waals surface area contributed by atoms with Gasteiger partial charge in [-0.2, -0.15) is 0 Å². The first-order valence-corrected chi connectivity index (χ1v) is 16.0. The standard InChI is InChI=1S/C32H38N6O6S/c1-31(2,28(39)40)32-18-23(32)27(35-44-32)34-30(41)38(3,4)21-7-5-20(6-8-21)24-19-37-25-10-9-22(17-26(25)45-29(37)33-24)43-16-13-36-11-14-42-15-12-36/h5-10,17,19,23,28,39-40H,11-16,18H2,1-4H3/p+1. The van der Waals surface area contributed by atoms with Crippen molar-refractivity contribution in [2.75, 3.05) is 53.6 Å². The summed E-state index contributed by atoms with van der Waals surface area (Å²) in [5.41, 5.74) is 1.93. The maximum absolute atomic E-state index is 13.4. The number of hydrogen-bond donors (Lipinski definition) is 3. The molecule has 1 saturated carbocycles. The van der Waals surface area contributed by atoms with Crippen LogP contribution in [0, 0.1) is 11.3 Å². The number of thiazole rings is 1. The molecule has 4 heterocycles. The summed E-state index contributed by atoms with van der Waals surface area (Å²) in [5.74, 6) is 1.09. The summed E-state index contributed by atoms with van der Waals surface area (Å²) in [4.78, 5) is 27.2. The van der Waals surface area contributed by atoms with Gasteiger partial charge in [-0.1, -0.05) is 30.3 Å². The van der Waals surface area contributed by atoms with E-state index in [-0.39, 0.29) is 16.4 Å². The topological polar surface area (TPSA) is 130 Å². The van der Waals surface area contributed by atoms with Crippen molar-refractivity contribution in [2.45, 2.75) is 32.2 Å². The Bertz CT molecular complexity index is 1770. The highest BCUT2D eigenvalue weighted by Crippen LogP contribution is 2.62. The Labute approximate surface area is 265 Å². The van der Waals surface area contributed by atoms with Gasteiger partial charge in [0.25, 0.3) is 0 Å². The molecule has 3 aliphatic rings. The van der Waals surface area contributed by atoms with Crippen LogP contribution in [0.2, 0.25) is 0 Å². The number of hydrogen-bond acceptors (Lipinski definition) is 10. The summed E-state index contributed by atoms with van der Waals surface area (Å²) in [6.45, 7) is 8.46. The minimum Gasteiger partial charge on any atom is -0.492 e. The van der Waals surface area contributed by atoms with Gasteiger partial charge in [0.1, 0.15) is 18.0 Å². The summed E-state index contributed by atoms with van der Waals surface area (Å²) < 4.78 is 14.6. The zero-order valence-electron chi connectivity index (χ0n) is 25.9. The van der Waals surface area contributed by atoms with Gasteiger partial charge in [0.05, 0.1) is 54.6 Å². The molecule has 238 valence electrons. The van der Waals surface area contributed by atoms with Gasteiger partial charge < -0.3 is 24.5 Å². The molecule has 2 amide bonds. The number of carbonyl (C=O) groups excluding carboxylic acids is 1. The number of aliphatic hydroxyl groups excluding tert-OH is 1. The molecule has 45 heavy (non-hydrogen) atoms. The Balaban J connectivity index is 1.00. The molecule has 2 aromatic heterocycles. The van der Waals surface area contributed by atoms with Crippen molar-refractivity contribution in [2.24, 2.45) is 16.5 Å². The van der Waals surface area contributed by atoms with Crippen molar-refractivity contribution < 1.29 is 29.3 Å². The molecule has 2 aromatic carbocycles. The number of urea groups is 1. The predicted octanol–water partition coefficient (Wildman–Crippen LogP) is 3.64. The Kier molecular flexibility index (Phi) is 7.38. The van der Waals surface area contributed by atoms with Crippen LogP contribution in [0.3, 0.4) is 0 Å². The van der Waals surface area contributed by atoms with Gasteiger partial charge in [-0.15, -0.1) is 0 Å². The molecule has 0 spiro atoms. The fourth-order valence-corrected chi connectivity index (χ4v) is 7.25. The number of aromatic nitrogens is 2. The lowest BCUT2D eigenvalue weighted by molar-refractivity contribution is -0.184. The second-order valence-electron chi connectivity index (χ2n) is 13.1. The fraction of sp³-hybridized carbons (Fsp3) is 0.469. The average molecular weight is 636 g/mol. The first kappa shape index (κ1) is 30.1.